The van der Waals surface area contributed by atoms with Gasteiger partial charge in [0.15, 0.2) is 0 Å². The van der Waals surface area contributed by atoms with Gasteiger partial charge in [-0.3, -0.25) is 4.79 Å². The van der Waals surface area contributed by atoms with Crippen LogP contribution < -0.4 is 0 Å². The number of aliphatic hydroxyl groups excluding tert-OH is 2. The summed E-state index contributed by atoms with van der Waals surface area (Å²) in [4.78, 5) is 12.0. The van der Waals surface area contributed by atoms with E-state index in [1.54, 1.807) is 13.0 Å². The number of rotatable bonds is 5. The van der Waals surface area contributed by atoms with Crippen molar-refractivity contribution in [2.75, 3.05) is 6.61 Å². The average Bonchev–Trinajstić information content (AvgIpc) is 3.26. The zero-order valence-corrected chi connectivity index (χ0v) is 25.9. The van der Waals surface area contributed by atoms with Gasteiger partial charge in [0.25, 0.3) is 0 Å². The first-order chi connectivity index (χ1) is 18.2. The number of fused-ring (bicyclic) bond motifs is 7. The van der Waals surface area contributed by atoms with Crippen molar-refractivity contribution in [1.82, 2.24) is 0 Å². The summed E-state index contributed by atoms with van der Waals surface area (Å²) in [6.45, 7) is 20.8. The summed E-state index contributed by atoms with van der Waals surface area (Å²) >= 11 is 0. The van der Waals surface area contributed by atoms with Crippen LogP contribution >= 0.6 is 0 Å². The maximum Gasteiger partial charge on any atom is 0.302 e. The summed E-state index contributed by atoms with van der Waals surface area (Å²) in [6, 6.07) is 0. The SMILES string of the molecule is C=C(C)[C@@H]1CC[C@]2([C@H](O)/C=C\CO)CC[C@]3(C)[C@H](CC[C@@H]4[C@@]5(C)CC[C@H](OC(C)=O)C(C)(C)[C@@H]5CC[C@]43C)[C@@H]12. The predicted molar refractivity (Wildman–Crippen MR) is 157 cm³/mol. The van der Waals surface area contributed by atoms with E-state index in [9.17, 15) is 15.0 Å². The molecular weight excluding hydrogens is 484 g/mol. The maximum absolute atomic E-state index is 12.0. The van der Waals surface area contributed by atoms with E-state index in [2.05, 4.69) is 48.1 Å². The number of carbonyl (C=O) groups excluding carboxylic acids is 1. The molecule has 0 aromatic rings. The van der Waals surface area contributed by atoms with Gasteiger partial charge in [-0.15, -0.1) is 0 Å². The van der Waals surface area contributed by atoms with Crippen molar-refractivity contribution in [1.29, 1.82) is 0 Å². The Bertz CT molecular complexity index is 1010. The van der Waals surface area contributed by atoms with Crippen molar-refractivity contribution in [2.45, 2.75) is 125 Å². The Morgan fingerprint density at radius 1 is 0.923 bits per heavy atom. The molecule has 0 spiro atoms. The standard InChI is InChI=1S/C35H56O4/c1-22(2)24-13-18-35(28(38)10-9-21-36)20-19-33(7)25(30(24)35)11-12-27-32(6)16-15-29(39-23(3)37)31(4,5)26(32)14-17-34(27,33)8/h9-10,24-30,36,38H,1,11-21H2,2-8H3/b10-9-/t24-,25+,26-,27+,28+,29-,30+,32-,33+,34+,35+/m0/s1. The fourth-order valence-corrected chi connectivity index (χ4v) is 12.5. The van der Waals surface area contributed by atoms with E-state index in [1.807, 2.05) is 6.08 Å². The first-order valence-electron chi connectivity index (χ1n) is 16.0. The average molecular weight is 541 g/mol. The fourth-order valence-electron chi connectivity index (χ4n) is 12.5. The molecule has 0 amide bonds. The molecule has 0 aliphatic heterocycles. The molecule has 39 heavy (non-hydrogen) atoms. The van der Waals surface area contributed by atoms with Crippen LogP contribution in [0.3, 0.4) is 0 Å². The molecule has 0 saturated heterocycles. The molecule has 0 aromatic heterocycles. The van der Waals surface area contributed by atoms with E-state index in [-0.39, 0.29) is 45.8 Å². The Morgan fingerprint density at radius 2 is 1.64 bits per heavy atom. The Kier molecular flexibility index (Phi) is 7.32. The van der Waals surface area contributed by atoms with E-state index in [4.69, 9.17) is 4.74 Å². The first kappa shape index (κ1) is 29.4. The molecule has 11 atom stereocenters. The monoisotopic (exact) mass is 540 g/mol. The molecule has 220 valence electrons. The Labute approximate surface area is 238 Å². The lowest BCUT2D eigenvalue weighted by atomic mass is 9.32. The lowest BCUT2D eigenvalue weighted by Gasteiger charge is -2.73. The molecular formula is C35H56O4. The van der Waals surface area contributed by atoms with Crippen LogP contribution in [0.25, 0.3) is 0 Å². The number of carbonyl (C=O) groups is 1. The van der Waals surface area contributed by atoms with Gasteiger partial charge in [0.1, 0.15) is 6.10 Å². The van der Waals surface area contributed by atoms with Crippen molar-refractivity contribution < 1.29 is 19.7 Å². The zero-order chi connectivity index (χ0) is 28.6. The van der Waals surface area contributed by atoms with E-state index < -0.39 is 6.10 Å². The molecule has 0 aromatic carbocycles. The smallest absolute Gasteiger partial charge is 0.302 e. The normalized spacial score (nSPS) is 49.4. The minimum absolute atomic E-state index is 0.0148. The molecule has 0 unspecified atom stereocenters. The highest BCUT2D eigenvalue weighted by molar-refractivity contribution is 5.66. The van der Waals surface area contributed by atoms with Crippen LogP contribution in [0.4, 0.5) is 0 Å². The molecule has 5 fully saturated rings. The molecule has 5 aliphatic rings. The number of hydrogen-bond donors (Lipinski definition) is 2. The molecule has 0 radical (unpaired) electrons. The van der Waals surface area contributed by atoms with Gasteiger partial charge in [-0.2, -0.15) is 0 Å². The summed E-state index contributed by atoms with van der Waals surface area (Å²) < 4.78 is 5.92. The maximum atomic E-state index is 12.0. The van der Waals surface area contributed by atoms with Crippen molar-refractivity contribution in [2.24, 2.45) is 56.7 Å². The molecule has 0 heterocycles. The lowest BCUT2D eigenvalue weighted by Crippen LogP contribution is -2.67. The molecule has 0 bridgehead atoms. The van der Waals surface area contributed by atoms with Gasteiger partial charge in [-0.1, -0.05) is 58.9 Å². The first-order valence-corrected chi connectivity index (χ1v) is 16.0. The van der Waals surface area contributed by atoms with Crippen molar-refractivity contribution in [3.8, 4) is 0 Å². The van der Waals surface area contributed by atoms with Crippen molar-refractivity contribution in [3.63, 3.8) is 0 Å². The number of ether oxygens (including phenoxy) is 1. The molecule has 5 saturated carbocycles. The Morgan fingerprint density at radius 3 is 2.28 bits per heavy atom. The van der Waals surface area contributed by atoms with Gasteiger partial charge in [0.2, 0.25) is 0 Å². The topological polar surface area (TPSA) is 66.8 Å². The van der Waals surface area contributed by atoms with Gasteiger partial charge in [-0.25, -0.2) is 0 Å². The van der Waals surface area contributed by atoms with Crippen LogP contribution in [0.1, 0.15) is 113 Å². The van der Waals surface area contributed by atoms with Crippen LogP contribution in [0, 0.1) is 56.7 Å². The van der Waals surface area contributed by atoms with Crippen LogP contribution in [-0.4, -0.2) is 35.0 Å². The van der Waals surface area contributed by atoms with Gasteiger partial charge in [-0.05, 0) is 117 Å². The summed E-state index contributed by atoms with van der Waals surface area (Å²) in [6.07, 6.45) is 14.6. The highest BCUT2D eigenvalue weighted by Crippen LogP contribution is 2.78. The van der Waals surface area contributed by atoms with Crippen LogP contribution in [0.5, 0.6) is 0 Å². The van der Waals surface area contributed by atoms with Crippen LogP contribution in [0.15, 0.2) is 24.3 Å². The second-order valence-electron chi connectivity index (χ2n) is 15.9. The third-order valence-corrected chi connectivity index (χ3v) is 14.4. The van der Waals surface area contributed by atoms with E-state index in [0.717, 1.165) is 32.1 Å². The minimum atomic E-state index is -0.500. The summed E-state index contributed by atoms with van der Waals surface area (Å²) in [5.41, 5.74) is 1.91. The Balaban J connectivity index is 1.51. The molecule has 5 rings (SSSR count). The van der Waals surface area contributed by atoms with Gasteiger partial charge in [0, 0.05) is 17.8 Å². The lowest BCUT2D eigenvalue weighted by molar-refractivity contribution is -0.253. The van der Waals surface area contributed by atoms with Crippen molar-refractivity contribution in [3.05, 3.63) is 24.3 Å². The van der Waals surface area contributed by atoms with E-state index in [1.165, 1.54) is 37.7 Å². The van der Waals surface area contributed by atoms with Crippen molar-refractivity contribution >= 4 is 5.97 Å². The highest BCUT2D eigenvalue weighted by Gasteiger charge is 2.71. The number of aliphatic hydroxyl groups is 2. The number of allylic oxidation sites excluding steroid dienone is 1. The quantitative estimate of drug-likeness (QED) is 0.280. The third kappa shape index (κ3) is 4.00. The van der Waals surface area contributed by atoms with Gasteiger partial charge < -0.3 is 14.9 Å². The predicted octanol–water partition coefficient (Wildman–Crippen LogP) is 7.49. The summed E-state index contributed by atoms with van der Waals surface area (Å²) in [5.74, 6) is 2.58. The van der Waals surface area contributed by atoms with Gasteiger partial charge in [0.05, 0.1) is 12.7 Å². The number of esters is 1. The third-order valence-electron chi connectivity index (χ3n) is 14.4. The molecule has 4 heteroatoms. The van der Waals surface area contributed by atoms with Gasteiger partial charge >= 0.3 is 5.97 Å². The Hall–Kier alpha value is -1.13. The fraction of sp³-hybridized carbons (Fsp3) is 0.857. The summed E-state index contributed by atoms with van der Waals surface area (Å²) in [5, 5.41) is 21.1. The van der Waals surface area contributed by atoms with E-state index >= 15 is 0 Å². The molecule has 2 N–H and O–H groups in total. The van der Waals surface area contributed by atoms with Crippen LogP contribution in [0.2, 0.25) is 0 Å². The second kappa shape index (κ2) is 9.72. The van der Waals surface area contributed by atoms with E-state index in [0.29, 0.717) is 29.6 Å². The molecule has 5 aliphatic carbocycles. The highest BCUT2D eigenvalue weighted by atomic mass is 16.5. The summed E-state index contributed by atoms with van der Waals surface area (Å²) in [7, 11) is 0. The minimum Gasteiger partial charge on any atom is -0.462 e. The van der Waals surface area contributed by atoms with Crippen LogP contribution in [-0.2, 0) is 9.53 Å². The zero-order valence-electron chi connectivity index (χ0n) is 25.9. The largest absolute Gasteiger partial charge is 0.462 e. The number of hydrogen-bond acceptors (Lipinski definition) is 4. The molecule has 4 nitrogen and oxygen atoms in total. The second-order valence-corrected chi connectivity index (χ2v) is 15.9.